The van der Waals surface area contributed by atoms with Gasteiger partial charge >= 0.3 is 0 Å². The summed E-state index contributed by atoms with van der Waals surface area (Å²) in [6, 6.07) is 11.1. The molecule has 5 rings (SSSR count). The lowest BCUT2D eigenvalue weighted by Crippen LogP contribution is -2.22. The molecule has 0 aliphatic carbocycles. The normalized spacial score (nSPS) is 14.9. The summed E-state index contributed by atoms with van der Waals surface area (Å²) in [5.74, 6) is 0.0987. The second-order valence-corrected chi connectivity index (χ2v) is 8.48. The van der Waals surface area contributed by atoms with Gasteiger partial charge in [-0.3, -0.25) is 9.89 Å². The van der Waals surface area contributed by atoms with Gasteiger partial charge in [-0.15, -0.1) is 0 Å². The van der Waals surface area contributed by atoms with Crippen molar-refractivity contribution in [2.24, 2.45) is 0 Å². The molecule has 1 fully saturated rings. The highest BCUT2D eigenvalue weighted by Gasteiger charge is 2.27. The summed E-state index contributed by atoms with van der Waals surface area (Å²) < 4.78 is 21.7. The van der Waals surface area contributed by atoms with Crippen molar-refractivity contribution in [3.63, 3.8) is 0 Å². The number of benzene rings is 2. The van der Waals surface area contributed by atoms with Gasteiger partial charge in [0.2, 0.25) is 5.91 Å². The third-order valence-electron chi connectivity index (χ3n) is 6.34. The van der Waals surface area contributed by atoms with Crippen molar-refractivity contribution in [1.82, 2.24) is 20.1 Å². The van der Waals surface area contributed by atoms with Crippen LogP contribution in [0, 0.1) is 5.82 Å². The molecular formula is C25H27FN4O2. The number of aromatic nitrogens is 3. The topological polar surface area (TPSA) is 71.9 Å². The Morgan fingerprint density at radius 2 is 2.03 bits per heavy atom. The van der Waals surface area contributed by atoms with Gasteiger partial charge in [0, 0.05) is 54.8 Å². The predicted octanol–water partition coefficient (Wildman–Crippen LogP) is 4.61. The van der Waals surface area contributed by atoms with E-state index in [-0.39, 0.29) is 11.7 Å². The largest absolute Gasteiger partial charge is 0.381 e. The van der Waals surface area contributed by atoms with Crippen molar-refractivity contribution in [3.05, 3.63) is 59.7 Å². The number of ether oxygens (including phenoxy) is 1. The molecule has 0 atom stereocenters. The average Bonchev–Trinajstić information content (AvgIpc) is 3.38. The number of H-pyrrole nitrogens is 1. The number of aryl methyl sites for hydroxylation is 1. The van der Waals surface area contributed by atoms with E-state index in [1.807, 2.05) is 18.3 Å². The lowest BCUT2D eigenvalue weighted by molar-refractivity contribution is -0.118. The number of rotatable bonds is 6. The van der Waals surface area contributed by atoms with E-state index < -0.39 is 0 Å². The molecule has 1 saturated heterocycles. The number of hydrogen-bond acceptors (Lipinski definition) is 3. The van der Waals surface area contributed by atoms with E-state index in [0.29, 0.717) is 12.5 Å². The minimum atomic E-state index is -0.245. The summed E-state index contributed by atoms with van der Waals surface area (Å²) in [4.78, 5) is 11.3. The van der Waals surface area contributed by atoms with Crippen LogP contribution >= 0.6 is 0 Å². The molecule has 6 nitrogen and oxygen atoms in total. The van der Waals surface area contributed by atoms with Crippen LogP contribution in [0.1, 0.15) is 43.4 Å². The van der Waals surface area contributed by atoms with Gasteiger partial charge < -0.3 is 14.6 Å². The maximum absolute atomic E-state index is 13.7. The molecular weight excluding hydrogens is 407 g/mol. The van der Waals surface area contributed by atoms with Gasteiger partial charge in [0.1, 0.15) is 5.82 Å². The number of hydrogen-bond donors (Lipinski definition) is 2. The Balaban J connectivity index is 1.71. The van der Waals surface area contributed by atoms with Gasteiger partial charge in [-0.05, 0) is 67.6 Å². The van der Waals surface area contributed by atoms with Crippen LogP contribution in [0.3, 0.4) is 0 Å². The van der Waals surface area contributed by atoms with Crippen molar-refractivity contribution in [2.75, 3.05) is 19.8 Å². The Bertz CT molecular complexity index is 1250. The molecule has 2 aromatic heterocycles. The standard InChI is InChI=1S/C25H27FN4O2/c1-16(31)27-10-2-3-21-22-14-23-18(15-28-29-23)13-24(22)30(20-6-4-19(26)5-7-20)25(21)17-8-11-32-12-9-17/h4-7,13-15,17H,2-3,8-12H2,1H3,(H,27,31)(H,28,29). The van der Waals surface area contributed by atoms with Crippen molar-refractivity contribution in [3.8, 4) is 5.69 Å². The lowest BCUT2D eigenvalue weighted by atomic mass is 9.91. The Kier molecular flexibility index (Phi) is 5.66. The molecule has 0 radical (unpaired) electrons. The zero-order chi connectivity index (χ0) is 22.1. The predicted molar refractivity (Wildman–Crippen MR) is 123 cm³/mol. The molecule has 166 valence electrons. The molecule has 7 heteroatoms. The van der Waals surface area contributed by atoms with Gasteiger partial charge in [-0.1, -0.05) is 0 Å². The molecule has 2 N–H and O–H groups in total. The van der Waals surface area contributed by atoms with Crippen molar-refractivity contribution in [1.29, 1.82) is 0 Å². The number of carbonyl (C=O) groups excluding carboxylic acids is 1. The molecule has 32 heavy (non-hydrogen) atoms. The van der Waals surface area contributed by atoms with Crippen molar-refractivity contribution < 1.29 is 13.9 Å². The summed E-state index contributed by atoms with van der Waals surface area (Å²) in [5.41, 5.74) is 5.61. The van der Waals surface area contributed by atoms with Crippen LogP contribution in [0.2, 0.25) is 0 Å². The maximum atomic E-state index is 13.7. The molecule has 4 aromatic rings. The Morgan fingerprint density at radius 1 is 1.25 bits per heavy atom. The fraction of sp³-hybridized carbons (Fsp3) is 0.360. The van der Waals surface area contributed by atoms with Crippen LogP contribution in [-0.4, -0.2) is 40.4 Å². The highest BCUT2D eigenvalue weighted by molar-refractivity contribution is 5.98. The van der Waals surface area contributed by atoms with E-state index in [4.69, 9.17) is 4.74 Å². The van der Waals surface area contributed by atoms with Crippen LogP contribution in [0.5, 0.6) is 0 Å². The van der Waals surface area contributed by atoms with Crippen LogP contribution in [0.25, 0.3) is 27.5 Å². The lowest BCUT2D eigenvalue weighted by Gasteiger charge is -2.26. The zero-order valence-electron chi connectivity index (χ0n) is 18.2. The number of carbonyl (C=O) groups is 1. The smallest absolute Gasteiger partial charge is 0.216 e. The highest BCUT2D eigenvalue weighted by atomic mass is 19.1. The van der Waals surface area contributed by atoms with Gasteiger partial charge in [0.15, 0.2) is 0 Å². The summed E-state index contributed by atoms with van der Waals surface area (Å²) >= 11 is 0. The van der Waals surface area contributed by atoms with Gasteiger partial charge in [0.05, 0.1) is 17.2 Å². The van der Waals surface area contributed by atoms with Crippen LogP contribution < -0.4 is 5.32 Å². The summed E-state index contributed by atoms with van der Waals surface area (Å²) in [7, 11) is 0. The number of amides is 1. The number of aromatic amines is 1. The summed E-state index contributed by atoms with van der Waals surface area (Å²) in [5, 5.41) is 12.4. The van der Waals surface area contributed by atoms with Crippen LogP contribution in [-0.2, 0) is 16.0 Å². The van der Waals surface area contributed by atoms with Crippen LogP contribution in [0.4, 0.5) is 4.39 Å². The first-order valence-electron chi connectivity index (χ1n) is 11.2. The summed E-state index contributed by atoms with van der Waals surface area (Å²) in [6.07, 6.45) is 5.43. The molecule has 1 aliphatic rings. The van der Waals surface area contributed by atoms with E-state index in [0.717, 1.165) is 61.0 Å². The molecule has 0 spiro atoms. The van der Waals surface area contributed by atoms with Crippen LogP contribution in [0.15, 0.2) is 42.6 Å². The highest BCUT2D eigenvalue weighted by Crippen LogP contribution is 2.40. The van der Waals surface area contributed by atoms with E-state index in [1.54, 1.807) is 6.92 Å². The molecule has 0 saturated carbocycles. The van der Waals surface area contributed by atoms with Gasteiger partial charge in [0.25, 0.3) is 0 Å². The first kappa shape index (κ1) is 20.7. The third kappa shape index (κ3) is 3.88. The fourth-order valence-corrected chi connectivity index (χ4v) is 4.87. The number of fused-ring (bicyclic) bond motifs is 2. The Hall–Kier alpha value is -3.19. The minimum Gasteiger partial charge on any atom is -0.381 e. The zero-order valence-corrected chi connectivity index (χ0v) is 18.2. The molecule has 0 unspecified atom stereocenters. The van der Waals surface area contributed by atoms with E-state index in [1.165, 1.54) is 28.8 Å². The molecule has 2 aromatic carbocycles. The minimum absolute atomic E-state index is 0.0115. The second kappa shape index (κ2) is 8.74. The monoisotopic (exact) mass is 434 g/mol. The van der Waals surface area contributed by atoms with Gasteiger partial charge in [-0.2, -0.15) is 5.10 Å². The third-order valence-corrected chi connectivity index (χ3v) is 6.34. The quantitative estimate of drug-likeness (QED) is 0.436. The summed E-state index contributed by atoms with van der Waals surface area (Å²) in [6.45, 7) is 3.66. The van der Waals surface area contributed by atoms with E-state index in [2.05, 4.69) is 32.2 Å². The number of halogens is 1. The number of nitrogens with one attached hydrogen (secondary N) is 2. The second-order valence-electron chi connectivity index (χ2n) is 8.48. The maximum Gasteiger partial charge on any atom is 0.216 e. The molecule has 1 aliphatic heterocycles. The van der Waals surface area contributed by atoms with E-state index in [9.17, 15) is 9.18 Å². The average molecular weight is 435 g/mol. The Morgan fingerprint density at radius 3 is 2.78 bits per heavy atom. The molecule has 3 heterocycles. The van der Waals surface area contributed by atoms with Gasteiger partial charge in [-0.25, -0.2) is 4.39 Å². The van der Waals surface area contributed by atoms with E-state index >= 15 is 0 Å². The Labute approximate surface area is 185 Å². The molecule has 0 bridgehead atoms. The first-order valence-corrected chi connectivity index (χ1v) is 11.2. The first-order chi connectivity index (χ1) is 15.6. The fourth-order valence-electron chi connectivity index (χ4n) is 4.87. The van der Waals surface area contributed by atoms with Crippen molar-refractivity contribution in [2.45, 2.75) is 38.5 Å². The van der Waals surface area contributed by atoms with Crippen molar-refractivity contribution >= 4 is 27.7 Å². The SMILES string of the molecule is CC(=O)NCCCc1c(C2CCOCC2)n(-c2ccc(F)cc2)c2cc3cn[nH]c3cc12. The molecule has 1 amide bonds. The number of nitrogens with zero attached hydrogens (tertiary/aromatic N) is 2.